The predicted octanol–water partition coefficient (Wildman–Crippen LogP) is 4.21. The summed E-state index contributed by atoms with van der Waals surface area (Å²) >= 11 is 0. The monoisotopic (exact) mass is 631 g/mol. The molecule has 1 spiro atoms. The van der Waals surface area contributed by atoms with Crippen molar-refractivity contribution in [3.8, 4) is 0 Å². The van der Waals surface area contributed by atoms with Crippen LogP contribution in [0.15, 0.2) is 42.7 Å². The van der Waals surface area contributed by atoms with Gasteiger partial charge in [0.2, 0.25) is 11.8 Å². The number of hydrogen-bond acceptors (Lipinski definition) is 6. The number of anilines is 1. The summed E-state index contributed by atoms with van der Waals surface area (Å²) in [4.78, 5) is 51.0. The number of fused-ring (bicyclic) bond motifs is 4. The first-order valence-electron chi connectivity index (χ1n) is 15.5. The number of hydrogen-bond donors (Lipinski definition) is 2. The van der Waals surface area contributed by atoms with E-state index in [1.807, 2.05) is 18.2 Å². The van der Waals surface area contributed by atoms with Gasteiger partial charge in [0, 0.05) is 61.2 Å². The number of benzene rings is 1. The third kappa shape index (κ3) is 5.34. The molecule has 7 rings (SSSR count). The Kier molecular flexibility index (Phi) is 7.83. The highest BCUT2D eigenvalue weighted by molar-refractivity contribution is 6.06. The van der Waals surface area contributed by atoms with Crippen LogP contribution in [0.1, 0.15) is 69.9 Å². The summed E-state index contributed by atoms with van der Waals surface area (Å²) in [6, 6.07) is 4.13. The van der Waals surface area contributed by atoms with Gasteiger partial charge in [0.15, 0.2) is 11.6 Å². The van der Waals surface area contributed by atoms with Crippen molar-refractivity contribution < 1.29 is 32.3 Å². The average molecular weight is 632 g/mol. The van der Waals surface area contributed by atoms with Crippen LogP contribution in [0.2, 0.25) is 0 Å². The molecular weight excluding hydrogens is 599 g/mol. The number of pyridine rings is 2. The van der Waals surface area contributed by atoms with Gasteiger partial charge in [-0.3, -0.25) is 19.4 Å². The number of amides is 3. The molecule has 2 aromatic heterocycles. The van der Waals surface area contributed by atoms with Crippen molar-refractivity contribution in [2.24, 2.45) is 0 Å². The zero-order chi connectivity index (χ0) is 32.0. The zero-order valence-electron chi connectivity index (χ0n) is 25.0. The van der Waals surface area contributed by atoms with Gasteiger partial charge in [-0.25, -0.2) is 18.2 Å². The second-order valence-corrected chi connectivity index (χ2v) is 12.4. The molecule has 1 aromatic carbocycles. The Hall–Kier alpha value is -4.58. The fraction of sp³-hybridized carbons (Fsp3) is 0.382. The molecule has 0 saturated carbocycles. The number of rotatable bonds is 1. The Morgan fingerprint density at radius 1 is 0.978 bits per heavy atom. The number of nitrogens with one attached hydrogen (secondary N) is 2. The number of nitrogens with zero attached hydrogens (tertiary/aromatic N) is 3. The van der Waals surface area contributed by atoms with Crippen molar-refractivity contribution in [3.63, 3.8) is 0 Å². The van der Waals surface area contributed by atoms with Crippen molar-refractivity contribution in [2.75, 3.05) is 31.6 Å². The van der Waals surface area contributed by atoms with Crippen LogP contribution in [-0.4, -0.2) is 64.9 Å². The molecule has 7 bridgehead atoms. The normalized spacial score (nSPS) is 25.5. The van der Waals surface area contributed by atoms with Gasteiger partial charge in [-0.15, -0.1) is 0 Å². The van der Waals surface area contributed by atoms with Crippen LogP contribution in [0.3, 0.4) is 0 Å². The molecule has 46 heavy (non-hydrogen) atoms. The van der Waals surface area contributed by atoms with Crippen LogP contribution in [0.5, 0.6) is 0 Å². The number of ether oxygens (including phenoxy) is 1. The maximum absolute atomic E-state index is 14.9. The summed E-state index contributed by atoms with van der Waals surface area (Å²) in [6.45, 7) is 1.17. The number of halogens is 3. The Morgan fingerprint density at radius 2 is 1.83 bits per heavy atom. The van der Waals surface area contributed by atoms with E-state index in [0.29, 0.717) is 50.5 Å². The first kappa shape index (κ1) is 30.1. The van der Waals surface area contributed by atoms with E-state index in [1.54, 1.807) is 12.3 Å². The molecule has 12 heteroatoms. The minimum Gasteiger partial charge on any atom is -0.377 e. The van der Waals surface area contributed by atoms with E-state index < -0.39 is 46.3 Å². The average Bonchev–Trinajstić information content (AvgIpc) is 3.56. The standard InChI is InChI=1S/C34H32F3N5O4/c35-24-6-7-25(36)29(37)28(24)22-13-26-32(44)42(18-22)8-2-1-3-9-46-10-4-5-19-11-23-30(39-16-19)41-33(45)34(23)14-20-12-21(31(43)40-26)17-38-27(20)15-34/h4-7,11-12,16-17,22,26H,1-3,8-10,13-15,18H2,(H,40,43)(H,39,41,45)/b5-4-/t22?,26?,34-/m0/s1. The number of carbonyl (C=O) groups is 3. The van der Waals surface area contributed by atoms with Gasteiger partial charge in [0.1, 0.15) is 17.7 Å². The lowest BCUT2D eigenvalue weighted by molar-refractivity contribution is -0.136. The van der Waals surface area contributed by atoms with Crippen molar-refractivity contribution in [3.05, 3.63) is 93.7 Å². The van der Waals surface area contributed by atoms with Crippen LogP contribution < -0.4 is 10.6 Å². The molecule has 238 valence electrons. The van der Waals surface area contributed by atoms with Gasteiger partial charge < -0.3 is 20.3 Å². The van der Waals surface area contributed by atoms with E-state index in [-0.39, 0.29) is 30.3 Å². The third-order valence-electron chi connectivity index (χ3n) is 9.48. The molecule has 4 aliphatic rings. The Balaban J connectivity index is 1.21. The first-order chi connectivity index (χ1) is 22.2. The second-order valence-electron chi connectivity index (χ2n) is 12.4. The summed E-state index contributed by atoms with van der Waals surface area (Å²) in [7, 11) is 0. The first-order valence-corrected chi connectivity index (χ1v) is 15.5. The van der Waals surface area contributed by atoms with Crippen LogP contribution in [0, 0.1) is 17.5 Å². The van der Waals surface area contributed by atoms with Gasteiger partial charge >= 0.3 is 0 Å². The van der Waals surface area contributed by atoms with Crippen molar-refractivity contribution in [2.45, 2.75) is 55.9 Å². The maximum Gasteiger partial charge on any atom is 0.253 e. The molecule has 5 heterocycles. The topological polar surface area (TPSA) is 114 Å². The quantitative estimate of drug-likeness (QED) is 0.389. The third-order valence-corrected chi connectivity index (χ3v) is 9.48. The summed E-state index contributed by atoms with van der Waals surface area (Å²) in [5.41, 5.74) is 1.85. The van der Waals surface area contributed by atoms with Gasteiger partial charge in [0.25, 0.3) is 5.91 Å². The lowest BCUT2D eigenvalue weighted by Gasteiger charge is -2.38. The van der Waals surface area contributed by atoms with Crippen LogP contribution in [0.25, 0.3) is 6.08 Å². The molecule has 3 atom stereocenters. The minimum absolute atomic E-state index is 0.00860. The molecule has 3 amide bonds. The molecule has 2 unspecified atom stereocenters. The smallest absolute Gasteiger partial charge is 0.253 e. The highest BCUT2D eigenvalue weighted by Gasteiger charge is 2.52. The number of carbonyl (C=O) groups excluding carboxylic acids is 3. The molecular formula is C34H32F3N5O4. The zero-order valence-corrected chi connectivity index (χ0v) is 25.0. The number of aromatic nitrogens is 2. The molecule has 3 aromatic rings. The fourth-order valence-electron chi connectivity index (χ4n) is 7.13. The van der Waals surface area contributed by atoms with Crippen molar-refractivity contribution in [1.82, 2.24) is 20.2 Å². The molecule has 1 saturated heterocycles. The summed E-state index contributed by atoms with van der Waals surface area (Å²) in [5.74, 6) is -4.90. The minimum atomic E-state index is -1.29. The molecule has 0 radical (unpaired) electrons. The van der Waals surface area contributed by atoms with Gasteiger partial charge in [-0.2, -0.15) is 0 Å². The van der Waals surface area contributed by atoms with E-state index in [1.165, 1.54) is 11.1 Å². The maximum atomic E-state index is 14.9. The SMILES string of the molecule is O=C1NC2CC(c3c(F)ccc(F)c3F)CN(CCCCCOC/C=C\c3cnc4c(c3)[C@@]3(Cc5cc1cnc5C3)C(=O)N4)C2=O. The predicted molar refractivity (Wildman–Crippen MR) is 161 cm³/mol. The highest BCUT2D eigenvalue weighted by Crippen LogP contribution is 2.46. The Labute approximate surface area is 263 Å². The van der Waals surface area contributed by atoms with E-state index >= 15 is 0 Å². The lowest BCUT2D eigenvalue weighted by atomic mass is 9.79. The summed E-state index contributed by atoms with van der Waals surface area (Å²) in [6.07, 6.45) is 9.51. The van der Waals surface area contributed by atoms with Gasteiger partial charge in [0.05, 0.1) is 17.6 Å². The second kappa shape index (κ2) is 12.0. The van der Waals surface area contributed by atoms with Crippen molar-refractivity contribution >= 4 is 29.6 Å². The van der Waals surface area contributed by atoms with Gasteiger partial charge in [-0.1, -0.05) is 12.2 Å². The van der Waals surface area contributed by atoms with Crippen molar-refractivity contribution in [1.29, 1.82) is 0 Å². The molecule has 2 N–H and O–H groups in total. The molecule has 9 nitrogen and oxygen atoms in total. The number of piperidine rings is 1. The summed E-state index contributed by atoms with van der Waals surface area (Å²) < 4.78 is 49.7. The Morgan fingerprint density at radius 3 is 2.70 bits per heavy atom. The molecule has 3 aliphatic heterocycles. The highest BCUT2D eigenvalue weighted by atomic mass is 19.2. The summed E-state index contributed by atoms with van der Waals surface area (Å²) in [5, 5.41) is 5.65. The molecule has 1 fully saturated rings. The van der Waals surface area contributed by atoms with E-state index in [0.717, 1.165) is 41.7 Å². The van der Waals surface area contributed by atoms with E-state index in [9.17, 15) is 27.6 Å². The van der Waals surface area contributed by atoms with Crippen LogP contribution in [-0.2, 0) is 32.6 Å². The Bertz CT molecular complexity index is 1780. The van der Waals surface area contributed by atoms with Gasteiger partial charge in [-0.05, 0) is 67.5 Å². The fourth-order valence-corrected chi connectivity index (χ4v) is 7.13. The van der Waals surface area contributed by atoms with Crippen LogP contribution in [0.4, 0.5) is 19.0 Å². The molecule has 1 aliphatic carbocycles. The largest absolute Gasteiger partial charge is 0.377 e. The van der Waals surface area contributed by atoms with Crippen LogP contribution >= 0.6 is 0 Å². The van der Waals surface area contributed by atoms with E-state index in [2.05, 4.69) is 20.6 Å². The lowest BCUT2D eigenvalue weighted by Crippen LogP contribution is -2.54. The van der Waals surface area contributed by atoms with E-state index in [4.69, 9.17) is 4.74 Å².